The van der Waals surface area contributed by atoms with E-state index in [1.165, 1.54) is 12.8 Å². The van der Waals surface area contributed by atoms with Crippen molar-refractivity contribution in [2.24, 2.45) is 5.92 Å². The van der Waals surface area contributed by atoms with Gasteiger partial charge in [0.15, 0.2) is 0 Å². The van der Waals surface area contributed by atoms with Crippen molar-refractivity contribution in [2.45, 2.75) is 52.4 Å². The van der Waals surface area contributed by atoms with Crippen LogP contribution in [0.4, 0.5) is 0 Å². The molecule has 6 heteroatoms. The number of ether oxygens (including phenoxy) is 1. The number of halogens is 1. The van der Waals surface area contributed by atoms with Crippen LogP contribution in [0, 0.1) is 5.92 Å². The SMILES string of the molecule is CC(C)CNC(=O)/C=C/C=C/CCCCCCCOc1ccnc(Cl)n1. The van der Waals surface area contributed by atoms with Crippen LogP contribution in [-0.4, -0.2) is 29.0 Å². The van der Waals surface area contributed by atoms with Crippen LogP contribution in [0.15, 0.2) is 36.6 Å². The Morgan fingerprint density at radius 2 is 2.00 bits per heavy atom. The summed E-state index contributed by atoms with van der Waals surface area (Å²) in [7, 11) is 0. The van der Waals surface area contributed by atoms with Crippen LogP contribution in [-0.2, 0) is 4.79 Å². The highest BCUT2D eigenvalue weighted by atomic mass is 35.5. The van der Waals surface area contributed by atoms with Crippen LogP contribution < -0.4 is 10.1 Å². The Balaban J connectivity index is 1.93. The summed E-state index contributed by atoms with van der Waals surface area (Å²) in [6.07, 6.45) is 15.7. The molecule has 0 aromatic carbocycles. The van der Waals surface area contributed by atoms with E-state index in [9.17, 15) is 4.79 Å². The first-order valence-electron chi connectivity index (χ1n) is 9.30. The van der Waals surface area contributed by atoms with Crippen LogP contribution in [0.5, 0.6) is 5.88 Å². The van der Waals surface area contributed by atoms with Crippen LogP contribution >= 0.6 is 11.6 Å². The second-order valence-corrected chi connectivity index (χ2v) is 6.83. The predicted molar refractivity (Wildman–Crippen MR) is 106 cm³/mol. The summed E-state index contributed by atoms with van der Waals surface area (Å²) in [6.45, 7) is 5.51. The number of carbonyl (C=O) groups is 1. The summed E-state index contributed by atoms with van der Waals surface area (Å²) in [5.74, 6) is 0.969. The molecule has 1 amide bonds. The zero-order valence-electron chi connectivity index (χ0n) is 15.8. The Bertz CT molecular complexity index is 574. The van der Waals surface area contributed by atoms with Gasteiger partial charge in [0.1, 0.15) is 0 Å². The summed E-state index contributed by atoms with van der Waals surface area (Å²) in [5.41, 5.74) is 0. The average Bonchev–Trinajstić information content (AvgIpc) is 2.61. The van der Waals surface area contributed by atoms with E-state index in [1.54, 1.807) is 24.4 Å². The van der Waals surface area contributed by atoms with Gasteiger partial charge < -0.3 is 10.1 Å². The monoisotopic (exact) mass is 379 g/mol. The molecule has 0 unspecified atom stereocenters. The molecular weight excluding hydrogens is 350 g/mol. The molecule has 144 valence electrons. The molecule has 0 aliphatic heterocycles. The molecule has 1 rings (SSSR count). The normalized spacial score (nSPS) is 11.5. The number of unbranched alkanes of at least 4 members (excludes halogenated alkanes) is 5. The van der Waals surface area contributed by atoms with Crippen LogP contribution in [0.1, 0.15) is 52.4 Å². The molecule has 0 atom stereocenters. The Kier molecular flexibility index (Phi) is 12.2. The fraction of sp³-hybridized carbons (Fsp3) is 0.550. The van der Waals surface area contributed by atoms with Gasteiger partial charge >= 0.3 is 0 Å². The highest BCUT2D eigenvalue weighted by Gasteiger charge is 1.98. The maximum absolute atomic E-state index is 11.5. The Morgan fingerprint density at radius 3 is 2.77 bits per heavy atom. The van der Waals surface area contributed by atoms with Gasteiger partial charge in [0.05, 0.1) is 6.61 Å². The number of nitrogens with one attached hydrogen (secondary N) is 1. The fourth-order valence-electron chi connectivity index (χ4n) is 2.15. The molecule has 0 radical (unpaired) electrons. The first-order valence-corrected chi connectivity index (χ1v) is 9.68. The van der Waals surface area contributed by atoms with E-state index in [0.29, 0.717) is 24.9 Å². The van der Waals surface area contributed by atoms with Gasteiger partial charge in [-0.2, -0.15) is 4.98 Å². The highest BCUT2D eigenvalue weighted by Crippen LogP contribution is 2.10. The molecule has 1 aromatic rings. The molecule has 5 nitrogen and oxygen atoms in total. The Labute approximate surface area is 161 Å². The van der Waals surface area contributed by atoms with E-state index in [2.05, 4.69) is 35.2 Å². The van der Waals surface area contributed by atoms with Gasteiger partial charge in [-0.1, -0.05) is 51.3 Å². The van der Waals surface area contributed by atoms with Gasteiger partial charge in [-0.15, -0.1) is 0 Å². The number of amides is 1. The molecular formula is C20H30ClN3O2. The van der Waals surface area contributed by atoms with E-state index in [0.717, 1.165) is 25.7 Å². The number of hydrogen-bond donors (Lipinski definition) is 1. The lowest BCUT2D eigenvalue weighted by molar-refractivity contribution is -0.116. The lowest BCUT2D eigenvalue weighted by Crippen LogP contribution is -2.25. The van der Waals surface area contributed by atoms with Crippen molar-refractivity contribution in [1.29, 1.82) is 0 Å². The third-order valence-electron chi connectivity index (χ3n) is 3.55. The maximum atomic E-state index is 11.5. The molecule has 1 heterocycles. The van der Waals surface area contributed by atoms with Crippen LogP contribution in [0.2, 0.25) is 5.28 Å². The molecule has 0 saturated carbocycles. The average molecular weight is 380 g/mol. The molecule has 1 aromatic heterocycles. The van der Waals surface area contributed by atoms with Crippen molar-refractivity contribution in [2.75, 3.05) is 13.2 Å². The molecule has 0 aliphatic carbocycles. The summed E-state index contributed by atoms with van der Waals surface area (Å²) in [4.78, 5) is 19.3. The largest absolute Gasteiger partial charge is 0.478 e. The maximum Gasteiger partial charge on any atom is 0.243 e. The summed E-state index contributed by atoms with van der Waals surface area (Å²) >= 11 is 5.70. The minimum Gasteiger partial charge on any atom is -0.478 e. The van der Waals surface area contributed by atoms with E-state index < -0.39 is 0 Å². The number of carbonyl (C=O) groups excluding carboxylic acids is 1. The minimum absolute atomic E-state index is 0.0326. The van der Waals surface area contributed by atoms with Crippen molar-refractivity contribution >= 4 is 17.5 Å². The second-order valence-electron chi connectivity index (χ2n) is 6.50. The van der Waals surface area contributed by atoms with Gasteiger partial charge in [-0.3, -0.25) is 4.79 Å². The molecule has 0 saturated heterocycles. The zero-order chi connectivity index (χ0) is 19.0. The van der Waals surface area contributed by atoms with Crippen molar-refractivity contribution in [3.8, 4) is 5.88 Å². The van der Waals surface area contributed by atoms with E-state index in [1.807, 2.05) is 6.08 Å². The third kappa shape index (κ3) is 12.5. The topological polar surface area (TPSA) is 64.1 Å². The summed E-state index contributed by atoms with van der Waals surface area (Å²) < 4.78 is 5.52. The number of hydrogen-bond acceptors (Lipinski definition) is 4. The smallest absolute Gasteiger partial charge is 0.243 e. The first kappa shape index (κ1) is 22.2. The quantitative estimate of drug-likeness (QED) is 0.233. The summed E-state index contributed by atoms with van der Waals surface area (Å²) in [6, 6.07) is 1.71. The van der Waals surface area contributed by atoms with Crippen LogP contribution in [0.3, 0.4) is 0 Å². The number of allylic oxidation sites excluding steroid dienone is 3. The van der Waals surface area contributed by atoms with E-state index in [-0.39, 0.29) is 11.2 Å². The Hall–Kier alpha value is -1.88. The number of nitrogens with zero attached hydrogens (tertiary/aromatic N) is 2. The highest BCUT2D eigenvalue weighted by molar-refractivity contribution is 6.28. The minimum atomic E-state index is -0.0326. The lowest BCUT2D eigenvalue weighted by atomic mass is 10.1. The second kappa shape index (κ2) is 14.3. The van der Waals surface area contributed by atoms with Gasteiger partial charge in [0.25, 0.3) is 0 Å². The molecule has 0 spiro atoms. The van der Waals surface area contributed by atoms with Gasteiger partial charge in [-0.25, -0.2) is 4.98 Å². The number of rotatable bonds is 13. The molecule has 26 heavy (non-hydrogen) atoms. The molecule has 0 fully saturated rings. The fourth-order valence-corrected chi connectivity index (χ4v) is 2.29. The third-order valence-corrected chi connectivity index (χ3v) is 3.73. The van der Waals surface area contributed by atoms with Gasteiger partial charge in [-0.05, 0) is 36.8 Å². The van der Waals surface area contributed by atoms with Crippen LogP contribution in [0.25, 0.3) is 0 Å². The van der Waals surface area contributed by atoms with Crippen molar-refractivity contribution in [1.82, 2.24) is 15.3 Å². The van der Waals surface area contributed by atoms with Crippen molar-refractivity contribution in [3.63, 3.8) is 0 Å². The van der Waals surface area contributed by atoms with Crippen molar-refractivity contribution in [3.05, 3.63) is 41.9 Å². The molecule has 1 N–H and O–H groups in total. The predicted octanol–water partition coefficient (Wildman–Crippen LogP) is 4.73. The first-order chi connectivity index (χ1) is 12.6. The number of aromatic nitrogens is 2. The van der Waals surface area contributed by atoms with E-state index >= 15 is 0 Å². The zero-order valence-corrected chi connectivity index (χ0v) is 16.5. The lowest BCUT2D eigenvalue weighted by Gasteiger charge is -2.04. The van der Waals surface area contributed by atoms with E-state index in [4.69, 9.17) is 16.3 Å². The summed E-state index contributed by atoms with van der Waals surface area (Å²) in [5, 5.41) is 3.06. The molecule has 0 aliphatic rings. The van der Waals surface area contributed by atoms with Gasteiger partial charge in [0.2, 0.25) is 17.1 Å². The Morgan fingerprint density at radius 1 is 1.23 bits per heavy atom. The van der Waals surface area contributed by atoms with Crippen molar-refractivity contribution < 1.29 is 9.53 Å². The van der Waals surface area contributed by atoms with Gasteiger partial charge in [0, 0.05) is 24.9 Å². The molecule has 0 bridgehead atoms. The standard InChI is InChI=1S/C20H30ClN3O2/c1-17(2)16-23-18(25)12-10-8-6-4-3-5-7-9-11-15-26-19-13-14-22-20(21)24-19/h6,8,10,12-14,17H,3-5,7,9,11,15-16H2,1-2H3,(H,23,25)/b8-6+,12-10+.